The van der Waals surface area contributed by atoms with E-state index in [1.807, 2.05) is 23.9 Å². The lowest BCUT2D eigenvalue weighted by atomic mass is 10.0. The lowest BCUT2D eigenvalue weighted by molar-refractivity contribution is 0.0810. The first-order valence-electron chi connectivity index (χ1n) is 10.4. The molecule has 1 N–H and O–H groups in total. The second-order valence-electron chi connectivity index (χ2n) is 9.19. The van der Waals surface area contributed by atoms with Crippen molar-refractivity contribution in [2.75, 3.05) is 31.1 Å². The Morgan fingerprint density at radius 3 is 2.56 bits per heavy atom. The van der Waals surface area contributed by atoms with Crippen molar-refractivity contribution in [3.63, 3.8) is 0 Å². The highest BCUT2D eigenvalue weighted by Gasteiger charge is 2.18. The van der Waals surface area contributed by atoms with Gasteiger partial charge in [0, 0.05) is 41.2 Å². The van der Waals surface area contributed by atoms with Gasteiger partial charge in [0.1, 0.15) is 18.1 Å². The van der Waals surface area contributed by atoms with Gasteiger partial charge >= 0.3 is 0 Å². The molecule has 0 amide bonds. The second-order valence-corrected chi connectivity index (χ2v) is 14.1. The number of aryl methyl sites for hydroxylation is 1. The van der Waals surface area contributed by atoms with Crippen molar-refractivity contribution in [3.05, 3.63) is 41.1 Å². The Morgan fingerprint density at radius 1 is 1.22 bits per heavy atom. The van der Waals surface area contributed by atoms with Crippen LogP contribution in [0.2, 0.25) is 5.15 Å². The maximum absolute atomic E-state index is 14.7. The predicted octanol–water partition coefficient (Wildman–Crippen LogP) is 5.11. The quantitative estimate of drug-likeness (QED) is 0.378. The molecule has 32 heavy (non-hydrogen) atoms. The summed E-state index contributed by atoms with van der Waals surface area (Å²) < 4.78 is 24.1. The van der Waals surface area contributed by atoms with E-state index in [0.29, 0.717) is 25.0 Å². The molecule has 0 aliphatic rings. The van der Waals surface area contributed by atoms with E-state index in [1.165, 1.54) is 6.07 Å². The van der Waals surface area contributed by atoms with Gasteiger partial charge < -0.3 is 14.4 Å². The Bertz CT molecular complexity index is 1180. The third-order valence-corrected chi connectivity index (χ3v) is 6.55. The van der Waals surface area contributed by atoms with Crippen LogP contribution in [-0.4, -0.2) is 56.2 Å². The van der Waals surface area contributed by atoms with Crippen molar-refractivity contribution in [2.24, 2.45) is 0 Å². The molecule has 174 valence electrons. The molecule has 0 radical (unpaired) electrons. The lowest BCUT2D eigenvalue weighted by Crippen LogP contribution is -2.14. The molecule has 0 spiro atoms. The van der Waals surface area contributed by atoms with Crippen LogP contribution in [0.4, 0.5) is 4.39 Å². The number of ether oxygens (including phenoxy) is 1. The van der Waals surface area contributed by atoms with Gasteiger partial charge in [0.15, 0.2) is 5.15 Å². The first-order chi connectivity index (χ1) is 14.9. The minimum absolute atomic E-state index is 0.228. The van der Waals surface area contributed by atoms with Crippen LogP contribution in [0.15, 0.2) is 24.5 Å². The molecule has 2 aromatic heterocycles. The third kappa shape index (κ3) is 6.08. The molecule has 0 saturated heterocycles. The standard InChI is InChI=1S/C24H31ClFN3O2S/c1-7-28-14-19(18-12-17(8-9-24(2,3)30)21(26)13-22(18)28)20-15-29(27-23(20)25)16-31-10-11-32(4,5)6/h12-15,30H,7,10-11,16H2,1-6H3. The molecule has 0 bridgehead atoms. The van der Waals surface area contributed by atoms with E-state index in [2.05, 4.69) is 35.7 Å². The Morgan fingerprint density at radius 2 is 1.94 bits per heavy atom. The molecule has 0 aliphatic heterocycles. The van der Waals surface area contributed by atoms with Gasteiger partial charge in [-0.25, -0.2) is 19.1 Å². The van der Waals surface area contributed by atoms with Crippen molar-refractivity contribution < 1.29 is 14.2 Å². The zero-order valence-corrected chi connectivity index (χ0v) is 21.1. The first-order valence-corrected chi connectivity index (χ1v) is 13.8. The zero-order valence-electron chi connectivity index (χ0n) is 19.5. The lowest BCUT2D eigenvalue weighted by Gasteiger charge is -2.24. The van der Waals surface area contributed by atoms with Gasteiger partial charge in [0.2, 0.25) is 0 Å². The summed E-state index contributed by atoms with van der Waals surface area (Å²) in [5.41, 5.74) is 1.37. The molecule has 3 rings (SSSR count). The van der Waals surface area contributed by atoms with E-state index in [9.17, 15) is 9.50 Å². The van der Waals surface area contributed by atoms with Crippen molar-refractivity contribution in [1.82, 2.24) is 14.3 Å². The number of rotatable bonds is 7. The number of aromatic nitrogens is 3. The van der Waals surface area contributed by atoms with Crippen LogP contribution >= 0.6 is 21.6 Å². The summed E-state index contributed by atoms with van der Waals surface area (Å²) >= 11 is 6.48. The van der Waals surface area contributed by atoms with Gasteiger partial charge in [-0.3, -0.25) is 0 Å². The van der Waals surface area contributed by atoms with Gasteiger partial charge in [-0.2, -0.15) is 5.10 Å². The minimum atomic E-state index is -1.21. The number of halogens is 2. The van der Waals surface area contributed by atoms with Crippen LogP contribution in [0.5, 0.6) is 0 Å². The zero-order chi connectivity index (χ0) is 23.7. The molecule has 5 nitrogen and oxygen atoms in total. The molecule has 0 fully saturated rings. The Balaban J connectivity index is 1.97. The highest BCUT2D eigenvalue weighted by Crippen LogP contribution is 2.36. The normalized spacial score (nSPS) is 12.8. The summed E-state index contributed by atoms with van der Waals surface area (Å²) in [4.78, 5) is 0. The summed E-state index contributed by atoms with van der Waals surface area (Å²) in [5, 5.41) is 15.5. The Kier molecular flexibility index (Phi) is 7.31. The highest BCUT2D eigenvalue weighted by molar-refractivity contribution is 8.32. The van der Waals surface area contributed by atoms with E-state index < -0.39 is 21.4 Å². The minimum Gasteiger partial charge on any atom is -0.378 e. The Hall–Kier alpha value is -1.98. The van der Waals surface area contributed by atoms with Crippen molar-refractivity contribution >= 4 is 32.5 Å². The monoisotopic (exact) mass is 479 g/mol. The van der Waals surface area contributed by atoms with Crippen LogP contribution in [0.25, 0.3) is 22.0 Å². The van der Waals surface area contributed by atoms with Crippen molar-refractivity contribution in [2.45, 2.75) is 39.6 Å². The number of fused-ring (bicyclic) bond motifs is 1. The molecular weight excluding hydrogens is 449 g/mol. The molecule has 0 aliphatic carbocycles. The first kappa shape index (κ1) is 24.7. The fourth-order valence-electron chi connectivity index (χ4n) is 3.21. The number of hydrogen-bond acceptors (Lipinski definition) is 3. The molecule has 3 aromatic rings. The van der Waals surface area contributed by atoms with E-state index in [-0.39, 0.29) is 5.56 Å². The summed E-state index contributed by atoms with van der Waals surface area (Å²) in [6, 6.07) is 3.19. The van der Waals surface area contributed by atoms with Crippen LogP contribution in [0.3, 0.4) is 0 Å². The average molecular weight is 480 g/mol. The molecule has 0 saturated carbocycles. The molecule has 8 heteroatoms. The van der Waals surface area contributed by atoms with E-state index >= 15 is 0 Å². The molecule has 1 aromatic carbocycles. The summed E-state index contributed by atoms with van der Waals surface area (Å²) in [7, 11) is -0.612. The molecular formula is C24H31ClFN3O2S. The maximum Gasteiger partial charge on any atom is 0.159 e. The highest BCUT2D eigenvalue weighted by atomic mass is 35.5. The number of aliphatic hydroxyl groups is 1. The SMILES string of the molecule is CCn1cc(-c2cn(COCCS(C)(C)C)nc2Cl)c2cc(C#CC(C)(C)O)c(F)cc21. The van der Waals surface area contributed by atoms with Crippen molar-refractivity contribution in [3.8, 4) is 23.0 Å². The number of benzene rings is 1. The van der Waals surface area contributed by atoms with E-state index in [1.54, 1.807) is 24.6 Å². The molecule has 0 atom stereocenters. The van der Waals surface area contributed by atoms with Crippen molar-refractivity contribution in [1.29, 1.82) is 0 Å². The number of hydrogen-bond donors (Lipinski definition) is 1. The van der Waals surface area contributed by atoms with E-state index in [0.717, 1.165) is 27.8 Å². The largest absolute Gasteiger partial charge is 0.378 e. The van der Waals surface area contributed by atoms with Gasteiger partial charge in [0.25, 0.3) is 0 Å². The fourth-order valence-corrected chi connectivity index (χ4v) is 4.08. The molecule has 0 unspecified atom stereocenters. The van der Waals surface area contributed by atoms with Gasteiger partial charge in [-0.05, 0) is 51.7 Å². The van der Waals surface area contributed by atoms with Crippen LogP contribution in [0, 0.1) is 17.7 Å². The third-order valence-electron chi connectivity index (χ3n) is 4.88. The van der Waals surface area contributed by atoms with Gasteiger partial charge in [-0.1, -0.05) is 23.4 Å². The predicted molar refractivity (Wildman–Crippen MR) is 133 cm³/mol. The second kappa shape index (κ2) is 9.48. The fraction of sp³-hybridized carbons (Fsp3) is 0.458. The maximum atomic E-state index is 14.7. The van der Waals surface area contributed by atoms with E-state index in [4.69, 9.17) is 16.3 Å². The summed E-state index contributed by atoms with van der Waals surface area (Å²) in [6.45, 7) is 6.79. The van der Waals surface area contributed by atoms with Crippen LogP contribution in [0.1, 0.15) is 26.3 Å². The Labute approximate surface area is 195 Å². The topological polar surface area (TPSA) is 52.2 Å². The van der Waals surface area contributed by atoms with Gasteiger partial charge in [-0.15, -0.1) is 0 Å². The summed E-state index contributed by atoms with van der Waals surface area (Å²) in [5.74, 6) is 6.04. The number of nitrogens with zero attached hydrogens (tertiary/aromatic N) is 3. The van der Waals surface area contributed by atoms with Gasteiger partial charge in [0.05, 0.1) is 17.7 Å². The smallest absolute Gasteiger partial charge is 0.159 e. The summed E-state index contributed by atoms with van der Waals surface area (Å²) in [6.07, 6.45) is 10.6. The molecule has 2 heterocycles. The average Bonchev–Trinajstić information content (AvgIpc) is 3.21. The van der Waals surface area contributed by atoms with Crippen LogP contribution < -0.4 is 0 Å². The van der Waals surface area contributed by atoms with Crippen LogP contribution in [-0.2, 0) is 18.0 Å².